The van der Waals surface area contributed by atoms with E-state index in [1.165, 1.54) is 0 Å². The molecule has 0 radical (unpaired) electrons. The first-order valence-electron chi connectivity index (χ1n) is 9.61. The van der Waals surface area contributed by atoms with Gasteiger partial charge < -0.3 is 60.0 Å². The minimum atomic E-state index is 0. The Morgan fingerprint density at radius 3 is 2.12 bits per heavy atom. The van der Waals surface area contributed by atoms with E-state index in [-0.39, 0.29) is 26.4 Å². The van der Waals surface area contributed by atoms with Crippen LogP contribution in [-0.2, 0) is 67.0 Å². The molecule has 0 heterocycles. The summed E-state index contributed by atoms with van der Waals surface area (Å²) in [4.78, 5) is 4.13. The molecule has 0 aromatic heterocycles. The van der Waals surface area contributed by atoms with E-state index < -0.39 is 0 Å². The third kappa shape index (κ3) is 9.33. The molecule has 0 saturated heterocycles. The smallest absolute Gasteiger partial charge is 0.123 e. The normalized spacial score (nSPS) is 11.2. The number of hydrogen-bond donors (Lipinski definition) is 0. The Morgan fingerprint density at radius 1 is 0.939 bits per heavy atom. The second kappa shape index (κ2) is 15.7. The van der Waals surface area contributed by atoms with E-state index in [0.717, 1.165) is 28.0 Å². The second-order valence-electron chi connectivity index (χ2n) is 6.36. The molecule has 9 heteroatoms. The van der Waals surface area contributed by atoms with Crippen LogP contribution >= 0.6 is 0 Å². The van der Waals surface area contributed by atoms with Crippen LogP contribution in [0.25, 0.3) is 14.7 Å². The van der Waals surface area contributed by atoms with Gasteiger partial charge in [-0.05, 0) is 62.6 Å². The fourth-order valence-corrected chi connectivity index (χ4v) is 3.23. The van der Waals surface area contributed by atoms with Crippen LogP contribution in [0.5, 0.6) is 11.5 Å². The topological polar surface area (TPSA) is 46.6 Å². The molecule has 0 aliphatic rings. The molecule has 0 aliphatic carbocycles. The molecule has 0 fully saturated rings. The number of aryl methyl sites for hydroxylation is 2. The van der Waals surface area contributed by atoms with E-state index >= 15 is 0 Å². The van der Waals surface area contributed by atoms with Crippen molar-refractivity contribution in [3.63, 3.8) is 0 Å². The predicted octanol–water partition coefficient (Wildman–Crippen LogP) is 5.71. The number of rotatable bonds is 6. The van der Waals surface area contributed by atoms with Crippen LogP contribution in [0.1, 0.15) is 36.1 Å². The first-order chi connectivity index (χ1) is 15.2. The summed E-state index contributed by atoms with van der Waals surface area (Å²) >= 11 is 20.1. The van der Waals surface area contributed by atoms with Crippen LogP contribution in [0.2, 0.25) is 0 Å². The van der Waals surface area contributed by atoms with Gasteiger partial charge >= 0.3 is 0 Å². The Hall–Kier alpha value is -2.13. The number of benzene rings is 2. The van der Waals surface area contributed by atoms with Crippen molar-refractivity contribution in [1.29, 1.82) is 5.26 Å². The number of allylic oxidation sites excluding steroid dienone is 1. The predicted molar refractivity (Wildman–Crippen MR) is 140 cm³/mol. The van der Waals surface area contributed by atoms with Gasteiger partial charge in [-0.2, -0.15) is 15.1 Å². The summed E-state index contributed by atoms with van der Waals surface area (Å²) in [5, 5.41) is 8.83. The van der Waals surface area contributed by atoms with Gasteiger partial charge in [0.1, 0.15) is 11.5 Å². The molecule has 4 nitrogen and oxygen atoms in total. The summed E-state index contributed by atoms with van der Waals surface area (Å²) in [7, 11) is 0. The van der Waals surface area contributed by atoms with Gasteiger partial charge in [0.05, 0.1) is 25.9 Å². The summed E-state index contributed by atoms with van der Waals surface area (Å²) in [5.41, 5.74) is 3.59. The molecule has 0 aliphatic heterocycles. The number of hydrogen-bond acceptors (Lipinski definition) is 7. The van der Waals surface area contributed by atoms with Crippen molar-refractivity contribution >= 4 is 60.3 Å². The summed E-state index contributed by atoms with van der Waals surface area (Å²) in [6, 6.07) is 13.2. The fraction of sp³-hybridized carbons (Fsp3) is 0.250. The molecule has 0 bridgehead atoms. The average Bonchev–Trinajstić information content (AvgIpc) is 2.80. The van der Waals surface area contributed by atoms with Gasteiger partial charge in [0.2, 0.25) is 0 Å². The molecule has 178 valence electrons. The third-order valence-corrected chi connectivity index (χ3v) is 5.73. The van der Waals surface area contributed by atoms with Gasteiger partial charge in [-0.15, -0.1) is 4.91 Å². The number of ether oxygens (including phenoxy) is 2. The van der Waals surface area contributed by atoms with Crippen LogP contribution in [-0.4, -0.2) is 13.2 Å². The summed E-state index contributed by atoms with van der Waals surface area (Å²) in [6.45, 7) is 15.7. The molecule has 2 aromatic rings. The maximum absolute atomic E-state index is 8.72. The monoisotopic (exact) mass is 556 g/mol. The quantitative estimate of drug-likeness (QED) is 0.195. The molecular weight excluding hydrogens is 535 g/mol. The Morgan fingerprint density at radius 2 is 1.58 bits per heavy atom. The number of nitriles is 1. The van der Waals surface area contributed by atoms with E-state index in [4.69, 9.17) is 71.8 Å². The minimum Gasteiger partial charge on any atom is -0.812 e. The van der Waals surface area contributed by atoms with Crippen LogP contribution in [0.3, 0.4) is 0 Å². The summed E-state index contributed by atoms with van der Waals surface area (Å²) in [5.74, 6) is 1.43. The van der Waals surface area contributed by atoms with Crippen molar-refractivity contribution in [2.45, 2.75) is 27.7 Å². The van der Waals surface area contributed by atoms with Gasteiger partial charge in [0.15, 0.2) is 0 Å². The van der Waals surface area contributed by atoms with Crippen molar-refractivity contribution in [2.24, 2.45) is 0 Å². The first kappa shape index (κ1) is 30.9. The standard InChI is InChI=1S/2C12H13NOS2.Ni/c1-4-14-10-6-5-8(2)7-9(10)11(15)12(16)13-3;1-3-14-9-5-4-8(2)10(6-9)12(16)11(15)7-13;/h5-7,15-16H,4H2,1-2H3;4-6,15-16H,3H2,1-2H3;/p-4/b2*12-11-;. The molecule has 0 amide bonds. The van der Waals surface area contributed by atoms with Crippen molar-refractivity contribution in [3.05, 3.63) is 80.0 Å². The maximum atomic E-state index is 8.72. The fourth-order valence-electron chi connectivity index (χ4n) is 2.54. The van der Waals surface area contributed by atoms with Crippen molar-refractivity contribution in [2.75, 3.05) is 13.2 Å². The van der Waals surface area contributed by atoms with Gasteiger partial charge in [0, 0.05) is 21.5 Å². The Bertz CT molecular complexity index is 1100. The van der Waals surface area contributed by atoms with Gasteiger partial charge in [-0.1, -0.05) is 23.8 Å². The zero-order valence-corrected chi connectivity index (χ0v) is 22.8. The first-order valence-corrected chi connectivity index (χ1v) is 11.2. The molecule has 2 rings (SSSR count). The van der Waals surface area contributed by atoms with E-state index in [2.05, 4.69) is 4.85 Å². The van der Waals surface area contributed by atoms with Crippen molar-refractivity contribution in [1.82, 2.24) is 0 Å². The molecule has 2 aromatic carbocycles. The van der Waals surface area contributed by atoms with E-state index in [1.54, 1.807) is 0 Å². The second-order valence-corrected chi connectivity index (χ2v) is 7.97. The largest absolute Gasteiger partial charge is 0.812 e. The van der Waals surface area contributed by atoms with Crippen LogP contribution in [0, 0.1) is 31.8 Å². The maximum Gasteiger partial charge on any atom is 0.123 e. The Labute approximate surface area is 228 Å². The molecule has 0 unspecified atom stereocenters. The molecular formula is C24H22N2NiO2S4-4. The average molecular weight is 557 g/mol. The van der Waals surface area contributed by atoms with Crippen LogP contribution in [0.4, 0.5) is 0 Å². The zero-order valence-electron chi connectivity index (χ0n) is 18.5. The molecule has 0 atom stereocenters. The van der Waals surface area contributed by atoms with Gasteiger partial charge in [-0.25, -0.2) is 0 Å². The van der Waals surface area contributed by atoms with E-state index in [1.807, 2.05) is 70.2 Å². The van der Waals surface area contributed by atoms with Crippen molar-refractivity contribution in [3.8, 4) is 17.6 Å². The summed E-state index contributed by atoms with van der Waals surface area (Å²) < 4.78 is 10.8. The van der Waals surface area contributed by atoms with Crippen LogP contribution < -0.4 is 9.47 Å². The SMILES string of the molecule is CCOc1ccc(C)c(/C([S-])=C(/[S-])C#N)c1.[C-]#[N+]/C([S-])=C(/[S-])c1cc(C)ccc1OCC.[Ni]. The van der Waals surface area contributed by atoms with Gasteiger partial charge in [0.25, 0.3) is 0 Å². The summed E-state index contributed by atoms with van der Waals surface area (Å²) in [6.07, 6.45) is 0. The van der Waals surface area contributed by atoms with Crippen molar-refractivity contribution < 1.29 is 26.0 Å². The molecule has 0 saturated carbocycles. The van der Waals surface area contributed by atoms with Gasteiger partial charge in [-0.3, -0.25) is 4.85 Å². The Kier molecular flexibility index (Phi) is 14.7. The Balaban J connectivity index is 0.000000602. The van der Waals surface area contributed by atoms with E-state index in [9.17, 15) is 0 Å². The van der Waals surface area contributed by atoms with E-state index in [0.29, 0.717) is 28.8 Å². The zero-order chi connectivity index (χ0) is 24.3. The number of nitrogens with zero attached hydrogens (tertiary/aromatic N) is 2. The third-order valence-electron chi connectivity index (χ3n) is 4.05. The molecule has 0 N–H and O–H groups in total. The molecule has 33 heavy (non-hydrogen) atoms. The minimum absolute atomic E-state index is 0. The van der Waals surface area contributed by atoms with Crippen LogP contribution in [0.15, 0.2) is 46.3 Å². The molecule has 0 spiro atoms.